The molecule has 0 saturated heterocycles. The zero-order chi connectivity index (χ0) is 39.7. The largest absolute Gasteiger partial charge is 0.462 e. The maximum atomic E-state index is 13.0. The van der Waals surface area contributed by atoms with Gasteiger partial charge in [-0.2, -0.15) is 0 Å². The van der Waals surface area contributed by atoms with E-state index in [-0.39, 0.29) is 30.6 Å². The fourth-order valence-electron chi connectivity index (χ4n) is 7.53. The van der Waals surface area contributed by atoms with Gasteiger partial charge in [-0.1, -0.05) is 102 Å². The fourth-order valence-corrected chi connectivity index (χ4v) is 7.53. The van der Waals surface area contributed by atoms with E-state index in [0.29, 0.717) is 31.1 Å². The Kier molecular flexibility index (Phi) is 30.5. The molecular formula is C47H85NO6. The lowest BCUT2D eigenvalue weighted by Gasteiger charge is -2.24. The van der Waals surface area contributed by atoms with Crippen LogP contribution < -0.4 is 0 Å². The molecule has 0 bridgehead atoms. The summed E-state index contributed by atoms with van der Waals surface area (Å²) in [7, 11) is 4.23. The highest BCUT2D eigenvalue weighted by atomic mass is 16.6. The Bertz CT molecular complexity index is 1000. The van der Waals surface area contributed by atoms with E-state index >= 15 is 0 Å². The van der Waals surface area contributed by atoms with Crippen molar-refractivity contribution in [3.8, 4) is 0 Å². The van der Waals surface area contributed by atoms with Crippen molar-refractivity contribution in [3.63, 3.8) is 0 Å². The van der Waals surface area contributed by atoms with Gasteiger partial charge in [-0.25, -0.2) is 0 Å². The van der Waals surface area contributed by atoms with Gasteiger partial charge in [0.05, 0.1) is 0 Å². The van der Waals surface area contributed by atoms with Crippen LogP contribution in [0.25, 0.3) is 0 Å². The van der Waals surface area contributed by atoms with Crippen LogP contribution in [0.4, 0.5) is 0 Å². The minimum absolute atomic E-state index is 0.000347. The molecule has 0 saturated carbocycles. The van der Waals surface area contributed by atoms with E-state index in [0.717, 1.165) is 103 Å². The summed E-state index contributed by atoms with van der Waals surface area (Å²) in [6.45, 7) is 9.24. The molecule has 3 atom stereocenters. The number of hydrogen-bond acceptors (Lipinski definition) is 7. The molecule has 0 fully saturated rings. The topological polar surface area (TPSA) is 82.1 Å². The third-order valence-electron chi connectivity index (χ3n) is 10.4. The normalized spacial score (nSPS) is 24.2. The van der Waals surface area contributed by atoms with Gasteiger partial charge in [-0.3, -0.25) is 14.4 Å². The Labute approximate surface area is 333 Å². The molecule has 0 aliphatic carbocycles. The van der Waals surface area contributed by atoms with Crippen molar-refractivity contribution < 1.29 is 28.6 Å². The highest BCUT2D eigenvalue weighted by Gasteiger charge is 2.25. The monoisotopic (exact) mass is 760 g/mol. The highest BCUT2D eigenvalue weighted by molar-refractivity contribution is 5.71. The third-order valence-corrected chi connectivity index (χ3v) is 10.4. The summed E-state index contributed by atoms with van der Waals surface area (Å²) >= 11 is 0. The lowest BCUT2D eigenvalue weighted by atomic mass is 9.94. The second-order valence-corrected chi connectivity index (χ2v) is 17.5. The lowest BCUT2D eigenvalue weighted by Crippen LogP contribution is -2.34. The van der Waals surface area contributed by atoms with Crippen molar-refractivity contribution in [1.82, 2.24) is 4.90 Å². The predicted octanol–water partition coefficient (Wildman–Crippen LogP) is 12.6. The predicted molar refractivity (Wildman–Crippen MR) is 225 cm³/mol. The first-order valence-corrected chi connectivity index (χ1v) is 22.5. The van der Waals surface area contributed by atoms with Gasteiger partial charge < -0.3 is 19.1 Å². The minimum Gasteiger partial charge on any atom is -0.462 e. The van der Waals surface area contributed by atoms with Crippen LogP contribution in [-0.2, 0) is 28.6 Å². The Morgan fingerprint density at radius 3 is 1.57 bits per heavy atom. The molecule has 1 aliphatic heterocycles. The molecule has 7 heteroatoms. The summed E-state index contributed by atoms with van der Waals surface area (Å²) < 4.78 is 17.2. The molecule has 0 aromatic rings. The van der Waals surface area contributed by atoms with E-state index in [2.05, 4.69) is 57.1 Å². The number of cyclic esters (lactones) is 2. The smallest absolute Gasteiger partial charge is 0.306 e. The standard InChI is InChI=1S/C47H85NO6/c1-41(37-42(2)39-48(5)6)38-46(51)53-43-33-29-25-21-17-13-9-7-11-15-19-23-27-31-35-44(49)52-40-47(3,4)54-45(50)36-32-28-24-20-16-12-8-10-14-18-22-26-30-34-43/h11-12,15-16,41-43H,7-10,13-14,17-40H2,1-6H3/b15-11-,16-12-. The first-order valence-electron chi connectivity index (χ1n) is 22.5. The summed E-state index contributed by atoms with van der Waals surface area (Å²) in [5.74, 6) is 0.490. The van der Waals surface area contributed by atoms with E-state index in [4.69, 9.17) is 14.2 Å². The molecular weight excluding hydrogens is 675 g/mol. The molecule has 1 aliphatic rings. The number of rotatable bonds is 7. The number of carbonyl (C=O) groups excluding carboxylic acids is 3. The molecule has 54 heavy (non-hydrogen) atoms. The molecule has 3 unspecified atom stereocenters. The minimum atomic E-state index is -0.808. The van der Waals surface area contributed by atoms with Gasteiger partial charge in [-0.15, -0.1) is 0 Å². The molecule has 1 rings (SSSR count). The van der Waals surface area contributed by atoms with Crippen LogP contribution >= 0.6 is 0 Å². The van der Waals surface area contributed by atoms with Crippen molar-refractivity contribution in [1.29, 1.82) is 0 Å². The van der Waals surface area contributed by atoms with Gasteiger partial charge in [0.15, 0.2) is 0 Å². The average molecular weight is 760 g/mol. The SMILES string of the molecule is CC(CC(=O)OC1CCCCCCCC/C=C\CCCCCC(=O)OCC(C)(C)OC(=O)CCCCC/C=C\CCCCCCCC1)CC(C)CN(C)C. The summed E-state index contributed by atoms with van der Waals surface area (Å²) in [6, 6.07) is 0. The van der Waals surface area contributed by atoms with E-state index in [1.807, 2.05) is 0 Å². The first kappa shape index (κ1) is 49.9. The Hall–Kier alpha value is -2.15. The molecule has 0 N–H and O–H groups in total. The molecule has 0 aromatic carbocycles. The summed E-state index contributed by atoms with van der Waals surface area (Å²) in [5, 5.41) is 0. The molecule has 0 spiro atoms. The van der Waals surface area contributed by atoms with Crippen LogP contribution in [0.15, 0.2) is 24.3 Å². The Morgan fingerprint density at radius 1 is 0.667 bits per heavy atom. The van der Waals surface area contributed by atoms with Gasteiger partial charge in [0.2, 0.25) is 0 Å². The number of esters is 3. The van der Waals surface area contributed by atoms with Gasteiger partial charge >= 0.3 is 17.9 Å². The summed E-state index contributed by atoms with van der Waals surface area (Å²) in [5.41, 5.74) is -0.808. The summed E-state index contributed by atoms with van der Waals surface area (Å²) in [6.07, 6.45) is 38.6. The number of ether oxygens (including phenoxy) is 3. The maximum Gasteiger partial charge on any atom is 0.306 e. The quantitative estimate of drug-likeness (QED) is 0.145. The second kappa shape index (κ2) is 33.0. The number of hydrogen-bond donors (Lipinski definition) is 0. The maximum absolute atomic E-state index is 13.0. The lowest BCUT2D eigenvalue weighted by molar-refractivity contribution is -0.168. The van der Waals surface area contributed by atoms with E-state index in [1.165, 1.54) is 64.2 Å². The van der Waals surface area contributed by atoms with E-state index < -0.39 is 5.60 Å². The van der Waals surface area contributed by atoms with Crippen LogP contribution in [0.2, 0.25) is 0 Å². The highest BCUT2D eigenvalue weighted by Crippen LogP contribution is 2.21. The van der Waals surface area contributed by atoms with Crippen LogP contribution in [-0.4, -0.2) is 61.8 Å². The van der Waals surface area contributed by atoms with E-state index in [1.54, 1.807) is 13.8 Å². The van der Waals surface area contributed by atoms with Crippen molar-refractivity contribution >= 4 is 17.9 Å². The number of nitrogens with zero attached hydrogens (tertiary/aromatic N) is 1. The fraction of sp³-hybridized carbons (Fsp3) is 0.851. The molecule has 1 heterocycles. The van der Waals surface area contributed by atoms with Crippen molar-refractivity contribution in [3.05, 3.63) is 24.3 Å². The molecule has 314 valence electrons. The van der Waals surface area contributed by atoms with Crippen molar-refractivity contribution in [2.45, 2.75) is 219 Å². The average Bonchev–Trinajstić information content (AvgIpc) is 3.09. The third kappa shape index (κ3) is 32.1. The van der Waals surface area contributed by atoms with Gasteiger partial charge in [0.25, 0.3) is 0 Å². The number of allylic oxidation sites excluding steroid dienone is 4. The zero-order valence-electron chi connectivity index (χ0n) is 36.2. The van der Waals surface area contributed by atoms with Gasteiger partial charge in [-0.05, 0) is 136 Å². The first-order chi connectivity index (χ1) is 26.0. The Morgan fingerprint density at radius 2 is 1.09 bits per heavy atom. The van der Waals surface area contributed by atoms with Crippen LogP contribution in [0.5, 0.6) is 0 Å². The van der Waals surface area contributed by atoms with Crippen molar-refractivity contribution in [2.75, 3.05) is 27.2 Å². The summed E-state index contributed by atoms with van der Waals surface area (Å²) in [4.78, 5) is 39.8. The van der Waals surface area contributed by atoms with E-state index in [9.17, 15) is 14.4 Å². The number of carbonyl (C=O) groups is 3. The van der Waals surface area contributed by atoms with Gasteiger partial charge in [0.1, 0.15) is 18.3 Å². The van der Waals surface area contributed by atoms with Crippen molar-refractivity contribution in [2.24, 2.45) is 11.8 Å². The Balaban J connectivity index is 2.54. The molecule has 0 amide bonds. The van der Waals surface area contributed by atoms with Crippen LogP contribution in [0.3, 0.4) is 0 Å². The van der Waals surface area contributed by atoms with Crippen LogP contribution in [0.1, 0.15) is 207 Å². The molecule has 0 aromatic heterocycles. The molecule has 0 radical (unpaired) electrons. The zero-order valence-corrected chi connectivity index (χ0v) is 36.2. The second-order valence-electron chi connectivity index (χ2n) is 17.5. The van der Waals surface area contributed by atoms with Crippen LogP contribution in [0, 0.1) is 11.8 Å². The molecule has 7 nitrogen and oxygen atoms in total. The van der Waals surface area contributed by atoms with Gasteiger partial charge in [0, 0.05) is 25.8 Å².